The first-order valence-electron chi connectivity index (χ1n) is 5.43. The van der Waals surface area contributed by atoms with Gasteiger partial charge < -0.3 is 16.2 Å². The summed E-state index contributed by atoms with van der Waals surface area (Å²) in [7, 11) is 0. The van der Waals surface area contributed by atoms with Crippen LogP contribution in [0.3, 0.4) is 0 Å². The Morgan fingerprint density at radius 3 is 2.55 bits per heavy atom. The van der Waals surface area contributed by atoms with Gasteiger partial charge >= 0.3 is 5.97 Å². The van der Waals surface area contributed by atoms with E-state index >= 15 is 0 Å². The van der Waals surface area contributed by atoms with E-state index in [0.29, 0.717) is 0 Å². The summed E-state index contributed by atoms with van der Waals surface area (Å²) in [4.78, 5) is 10.9. The minimum Gasteiger partial charge on any atom is -0.478 e. The average molecular weight is 343 g/mol. The third kappa shape index (κ3) is 2.88. The number of nitrogens with two attached hydrogens (primary N) is 1. The molecule has 0 aliphatic heterocycles. The number of nitrogen functional groups attached to an aromatic ring is 1. The average Bonchev–Trinajstić information content (AvgIpc) is 2.37. The smallest absolute Gasteiger partial charge is 0.337 e. The first-order chi connectivity index (χ1) is 9.38. The molecule has 20 heavy (non-hydrogen) atoms. The Labute approximate surface area is 121 Å². The van der Waals surface area contributed by atoms with E-state index in [1.54, 1.807) is 0 Å². The second kappa shape index (κ2) is 5.46. The standard InChI is InChI=1S/C13H9BrF2N2O2/c14-8-4-10(16)12(5-9(8)15)18-6-1-2-11(17)7(3-6)13(19)20/h1-5,18H,17H2,(H,19,20). The highest BCUT2D eigenvalue weighted by atomic mass is 79.9. The Bertz CT molecular complexity index is 692. The van der Waals surface area contributed by atoms with Gasteiger partial charge in [-0.1, -0.05) is 0 Å². The first-order valence-corrected chi connectivity index (χ1v) is 6.22. The van der Waals surface area contributed by atoms with E-state index in [9.17, 15) is 13.6 Å². The fourth-order valence-electron chi connectivity index (χ4n) is 1.59. The number of anilines is 3. The Balaban J connectivity index is 2.38. The van der Waals surface area contributed by atoms with Crippen molar-refractivity contribution in [1.29, 1.82) is 0 Å². The number of halogens is 3. The number of carboxylic acid groups (broad SMARTS) is 1. The van der Waals surface area contributed by atoms with E-state index in [1.807, 2.05) is 0 Å². The third-order valence-electron chi connectivity index (χ3n) is 2.57. The summed E-state index contributed by atoms with van der Waals surface area (Å²) < 4.78 is 27.0. The summed E-state index contributed by atoms with van der Waals surface area (Å²) in [6.45, 7) is 0. The van der Waals surface area contributed by atoms with Crippen molar-refractivity contribution in [3.8, 4) is 0 Å². The lowest BCUT2D eigenvalue weighted by Gasteiger charge is -2.10. The molecule has 0 unspecified atom stereocenters. The molecular weight excluding hydrogens is 334 g/mol. The van der Waals surface area contributed by atoms with Crippen LogP contribution in [0.2, 0.25) is 0 Å². The maximum absolute atomic E-state index is 13.7. The van der Waals surface area contributed by atoms with Crippen molar-refractivity contribution in [2.75, 3.05) is 11.1 Å². The molecule has 0 saturated carbocycles. The van der Waals surface area contributed by atoms with Crippen molar-refractivity contribution in [2.45, 2.75) is 0 Å². The zero-order valence-electron chi connectivity index (χ0n) is 9.95. The quantitative estimate of drug-likeness (QED) is 0.586. The number of carboxylic acids is 1. The molecule has 2 rings (SSSR count). The van der Waals surface area contributed by atoms with Gasteiger partial charge in [-0.05, 0) is 40.2 Å². The largest absolute Gasteiger partial charge is 0.478 e. The topological polar surface area (TPSA) is 75.3 Å². The maximum Gasteiger partial charge on any atom is 0.337 e. The number of rotatable bonds is 3. The van der Waals surface area contributed by atoms with Crippen molar-refractivity contribution in [2.24, 2.45) is 0 Å². The molecule has 2 aromatic carbocycles. The summed E-state index contributed by atoms with van der Waals surface area (Å²) in [6.07, 6.45) is 0. The Hall–Kier alpha value is -2.15. The van der Waals surface area contributed by atoms with Crippen LogP contribution in [-0.4, -0.2) is 11.1 Å². The molecule has 0 atom stereocenters. The summed E-state index contributed by atoms with van der Waals surface area (Å²) >= 11 is 2.87. The van der Waals surface area contributed by atoms with Crippen molar-refractivity contribution in [3.05, 3.63) is 52.0 Å². The molecule has 4 N–H and O–H groups in total. The molecule has 2 aromatic rings. The minimum atomic E-state index is -1.20. The van der Waals surface area contributed by atoms with Crippen molar-refractivity contribution < 1.29 is 18.7 Å². The number of benzene rings is 2. The zero-order chi connectivity index (χ0) is 14.9. The van der Waals surface area contributed by atoms with E-state index in [0.717, 1.165) is 12.1 Å². The minimum absolute atomic E-state index is 0.00378. The fraction of sp³-hybridized carbons (Fsp3) is 0. The van der Waals surface area contributed by atoms with Crippen molar-refractivity contribution >= 4 is 39.0 Å². The molecule has 0 aliphatic carbocycles. The molecule has 0 fully saturated rings. The van der Waals surface area contributed by atoms with E-state index in [-0.39, 0.29) is 27.1 Å². The fourth-order valence-corrected chi connectivity index (χ4v) is 1.91. The summed E-state index contributed by atoms with van der Waals surface area (Å²) in [5.74, 6) is -2.51. The molecule has 0 amide bonds. The SMILES string of the molecule is Nc1ccc(Nc2cc(F)c(Br)cc2F)cc1C(=O)O. The Morgan fingerprint density at radius 2 is 1.90 bits per heavy atom. The number of nitrogens with one attached hydrogen (secondary N) is 1. The van der Waals surface area contributed by atoms with Gasteiger partial charge in [0.05, 0.1) is 15.7 Å². The van der Waals surface area contributed by atoms with E-state index in [1.165, 1.54) is 18.2 Å². The van der Waals surface area contributed by atoms with Gasteiger partial charge in [-0.25, -0.2) is 13.6 Å². The monoisotopic (exact) mass is 342 g/mol. The predicted octanol–water partition coefficient (Wildman–Crippen LogP) is 3.75. The van der Waals surface area contributed by atoms with Gasteiger partial charge in [0.1, 0.15) is 11.6 Å². The van der Waals surface area contributed by atoms with Crippen LogP contribution in [0.25, 0.3) is 0 Å². The van der Waals surface area contributed by atoms with Gasteiger partial charge in [-0.2, -0.15) is 0 Å². The van der Waals surface area contributed by atoms with Crippen LogP contribution in [0, 0.1) is 11.6 Å². The number of hydrogen-bond donors (Lipinski definition) is 3. The van der Waals surface area contributed by atoms with Gasteiger partial charge in [0.15, 0.2) is 0 Å². The lowest BCUT2D eigenvalue weighted by Crippen LogP contribution is -2.04. The van der Waals surface area contributed by atoms with Crippen LogP contribution in [0.4, 0.5) is 25.8 Å². The van der Waals surface area contributed by atoms with Crippen molar-refractivity contribution in [1.82, 2.24) is 0 Å². The van der Waals surface area contributed by atoms with Crippen LogP contribution in [0.5, 0.6) is 0 Å². The molecule has 0 radical (unpaired) electrons. The highest BCUT2D eigenvalue weighted by molar-refractivity contribution is 9.10. The van der Waals surface area contributed by atoms with Crippen LogP contribution >= 0.6 is 15.9 Å². The molecule has 7 heteroatoms. The summed E-state index contributed by atoms with van der Waals surface area (Å²) in [6, 6.07) is 6.04. The van der Waals surface area contributed by atoms with Crippen LogP contribution in [0.1, 0.15) is 10.4 Å². The zero-order valence-corrected chi connectivity index (χ0v) is 11.5. The van der Waals surface area contributed by atoms with Crippen LogP contribution < -0.4 is 11.1 Å². The molecule has 0 aromatic heterocycles. The molecule has 4 nitrogen and oxygen atoms in total. The van der Waals surface area contributed by atoms with Crippen molar-refractivity contribution in [3.63, 3.8) is 0 Å². The van der Waals surface area contributed by atoms with Gasteiger partial charge in [-0.15, -0.1) is 0 Å². The molecule has 0 saturated heterocycles. The lowest BCUT2D eigenvalue weighted by atomic mass is 10.1. The maximum atomic E-state index is 13.7. The van der Waals surface area contributed by atoms with Gasteiger partial charge in [0, 0.05) is 17.4 Å². The van der Waals surface area contributed by atoms with Gasteiger partial charge in [0.2, 0.25) is 0 Å². The molecular formula is C13H9BrF2N2O2. The predicted molar refractivity (Wildman–Crippen MR) is 75.2 cm³/mol. The highest BCUT2D eigenvalue weighted by Crippen LogP contribution is 2.27. The first kappa shape index (κ1) is 14.3. The lowest BCUT2D eigenvalue weighted by molar-refractivity contribution is 0.0698. The number of aromatic carboxylic acids is 1. The second-order valence-electron chi connectivity index (χ2n) is 3.98. The molecule has 0 spiro atoms. The van der Waals surface area contributed by atoms with E-state index < -0.39 is 17.6 Å². The van der Waals surface area contributed by atoms with E-state index in [2.05, 4.69) is 21.2 Å². The number of hydrogen-bond acceptors (Lipinski definition) is 3. The molecule has 0 aliphatic rings. The molecule has 104 valence electrons. The van der Waals surface area contributed by atoms with Gasteiger partial charge in [0.25, 0.3) is 0 Å². The molecule has 0 bridgehead atoms. The second-order valence-corrected chi connectivity index (χ2v) is 4.83. The van der Waals surface area contributed by atoms with Gasteiger partial charge in [-0.3, -0.25) is 0 Å². The normalized spacial score (nSPS) is 10.3. The van der Waals surface area contributed by atoms with Crippen LogP contribution in [-0.2, 0) is 0 Å². The Morgan fingerprint density at radius 1 is 1.20 bits per heavy atom. The summed E-state index contributed by atoms with van der Waals surface area (Å²) in [5, 5.41) is 11.6. The Kier molecular flexibility index (Phi) is 3.89. The molecule has 0 heterocycles. The van der Waals surface area contributed by atoms with E-state index in [4.69, 9.17) is 10.8 Å². The summed E-state index contributed by atoms with van der Waals surface area (Å²) in [5.41, 5.74) is 5.66. The third-order valence-corrected chi connectivity index (χ3v) is 3.18. The number of carbonyl (C=O) groups is 1. The highest BCUT2D eigenvalue weighted by Gasteiger charge is 2.11. The van der Waals surface area contributed by atoms with Crippen LogP contribution in [0.15, 0.2) is 34.8 Å².